The zero-order valence-corrected chi connectivity index (χ0v) is 24.4. The molecule has 0 saturated carbocycles. The van der Waals surface area contributed by atoms with E-state index in [-0.39, 0.29) is 6.09 Å². The predicted molar refractivity (Wildman–Crippen MR) is 139 cm³/mol. The molecule has 0 aliphatic rings. The molecule has 1 aromatic rings. The maximum absolute atomic E-state index is 11.7. The van der Waals surface area contributed by atoms with Crippen molar-refractivity contribution in [1.82, 2.24) is 5.32 Å². The fraction of sp³-hybridized carbons (Fsp3) is 0.696. The van der Waals surface area contributed by atoms with E-state index in [1.165, 1.54) is 37.5 Å². The minimum atomic E-state index is -6.72. The van der Waals surface area contributed by atoms with Gasteiger partial charge in [0.15, 0.2) is 45.1 Å². The Labute approximate surface area is 240 Å². The van der Waals surface area contributed by atoms with Gasteiger partial charge in [0.1, 0.15) is 0 Å². The van der Waals surface area contributed by atoms with Crippen LogP contribution in [0.1, 0.15) is 64.0 Å². The summed E-state index contributed by atoms with van der Waals surface area (Å²) in [7, 11) is -13.4. The largest absolute Gasteiger partial charge is 0.480 e. The van der Waals surface area contributed by atoms with Crippen LogP contribution in [0.2, 0.25) is 0 Å². The van der Waals surface area contributed by atoms with Crippen molar-refractivity contribution in [2.45, 2.75) is 82.3 Å². The van der Waals surface area contributed by atoms with Crippen LogP contribution in [0.4, 0.5) is 31.1 Å². The highest BCUT2D eigenvalue weighted by Gasteiger charge is 2.46. The number of aryl methyl sites for hydroxylation is 1. The van der Waals surface area contributed by atoms with Gasteiger partial charge >= 0.3 is 17.1 Å². The molecular formula is C23H34F6N4O7S2. The zero-order chi connectivity index (χ0) is 32.3. The van der Waals surface area contributed by atoms with Crippen LogP contribution in [0, 0.1) is 0 Å². The van der Waals surface area contributed by atoms with Crippen LogP contribution >= 0.6 is 0 Å². The quantitative estimate of drug-likeness (QED) is 0.0833. The number of rotatable bonds is 17. The summed E-state index contributed by atoms with van der Waals surface area (Å²) in [4.78, 5) is 25.2. The molecule has 242 valence electrons. The molecule has 42 heavy (non-hydrogen) atoms. The molecule has 19 heteroatoms. The molecule has 0 atom stereocenters. The van der Waals surface area contributed by atoms with Gasteiger partial charge in [-0.25, -0.2) is 31.4 Å². The van der Waals surface area contributed by atoms with E-state index in [2.05, 4.69) is 33.9 Å². The lowest BCUT2D eigenvalue weighted by molar-refractivity contribution is -0.705. The van der Waals surface area contributed by atoms with Gasteiger partial charge in [-0.3, -0.25) is 0 Å². The number of aliphatic imine (C=N–C) groups is 1. The summed E-state index contributed by atoms with van der Waals surface area (Å²) < 4.78 is 117. The number of carbonyl (C=O) groups excluding carboxylic acids is 2. The summed E-state index contributed by atoms with van der Waals surface area (Å²) in [6.45, 7) is 4.41. The number of isocyanates is 1. The minimum Gasteiger partial charge on any atom is -0.443 e. The van der Waals surface area contributed by atoms with E-state index in [4.69, 9.17) is 4.74 Å². The maximum Gasteiger partial charge on any atom is 0.480 e. The van der Waals surface area contributed by atoms with Crippen LogP contribution in [0.25, 0.3) is 4.13 Å². The van der Waals surface area contributed by atoms with E-state index >= 15 is 0 Å². The number of nitrogens with one attached hydrogen (secondary N) is 1. The van der Waals surface area contributed by atoms with Crippen LogP contribution in [0.5, 0.6) is 0 Å². The molecule has 1 rings (SSSR count). The Hall–Kier alpha value is -2.76. The average molecular weight is 657 g/mol. The zero-order valence-electron chi connectivity index (χ0n) is 22.8. The average Bonchev–Trinajstić information content (AvgIpc) is 2.87. The number of alkyl carbamates (subject to hydrolysis) is 1. The molecule has 0 aliphatic carbocycles. The lowest BCUT2D eigenvalue weighted by atomic mass is 10.1. The fourth-order valence-corrected chi connectivity index (χ4v) is 4.81. The van der Waals surface area contributed by atoms with Gasteiger partial charge < -0.3 is 14.2 Å². The molecule has 1 aromatic heterocycles. The lowest BCUT2D eigenvalue weighted by Crippen LogP contribution is -2.41. The van der Waals surface area contributed by atoms with E-state index in [0.29, 0.717) is 26.2 Å². The van der Waals surface area contributed by atoms with Crippen LogP contribution in [0.3, 0.4) is 0 Å². The van der Waals surface area contributed by atoms with Crippen LogP contribution < -0.4 is 9.88 Å². The first kappa shape index (κ1) is 39.2. The van der Waals surface area contributed by atoms with Crippen LogP contribution in [-0.2, 0) is 42.5 Å². The Kier molecular flexibility index (Phi) is 18.2. The number of alkyl halides is 6. The first-order valence-electron chi connectivity index (χ1n) is 12.8. The number of amides is 1. The number of pyridine rings is 1. The molecular weight excluding hydrogens is 622 g/mol. The number of hydrogen-bond donors (Lipinski definition) is 1. The summed E-state index contributed by atoms with van der Waals surface area (Å²) in [5, 5.41) is 2.78. The molecule has 0 bridgehead atoms. The third-order valence-electron chi connectivity index (χ3n) is 5.20. The molecule has 1 N–H and O–H groups in total. The fourth-order valence-electron chi connectivity index (χ4n) is 3.10. The third kappa shape index (κ3) is 16.6. The number of unbranched alkanes of at least 4 members (excludes halogenated alkanes) is 6. The molecule has 0 aliphatic heterocycles. The number of halogens is 6. The van der Waals surface area contributed by atoms with Crippen molar-refractivity contribution in [2.24, 2.45) is 4.99 Å². The van der Waals surface area contributed by atoms with Gasteiger partial charge in [-0.1, -0.05) is 45.1 Å². The third-order valence-corrected chi connectivity index (χ3v) is 7.94. The number of carbonyl (C=O) groups is 1. The van der Waals surface area contributed by atoms with Gasteiger partial charge in [-0.2, -0.15) is 30.9 Å². The number of nitrogens with zero attached hydrogens (tertiary/aromatic N) is 3. The highest BCUT2D eigenvalue weighted by Crippen LogP contribution is 2.36. The van der Waals surface area contributed by atoms with Crippen molar-refractivity contribution in [3.8, 4) is 0 Å². The molecule has 0 saturated heterocycles. The Morgan fingerprint density at radius 3 is 2.12 bits per heavy atom. The Morgan fingerprint density at radius 2 is 1.55 bits per heavy atom. The summed E-state index contributed by atoms with van der Waals surface area (Å²) >= 11 is 0. The number of aromatic nitrogens is 1. The second-order valence-electron chi connectivity index (χ2n) is 8.56. The highest BCUT2D eigenvalue weighted by molar-refractivity contribution is 8.13. The van der Waals surface area contributed by atoms with Crippen molar-refractivity contribution in [3.05, 3.63) is 34.2 Å². The normalized spacial score (nSPS) is 12.1. The molecule has 0 aromatic carbocycles. The van der Waals surface area contributed by atoms with E-state index in [1.807, 2.05) is 12.3 Å². The standard InChI is InChI=1S/C21H33N3O3.C2F6NO4S2/c1-2-3-4-7-12-20-13-8-11-16-24(20)17-18-27-21(26)23-15-10-6-5-9-14-22-19-25;3-1(4,5)14(10,11)9-15(12,13)2(6,7)8/h8,11,13,16H,2-7,9-10,12,14-15,17-18H2,1H3;/q;-1/p+1. The second-order valence-corrected chi connectivity index (χ2v) is 12.0. The van der Waals surface area contributed by atoms with Crippen molar-refractivity contribution < 1.29 is 62.1 Å². The summed E-state index contributed by atoms with van der Waals surface area (Å²) in [5.74, 6) is 0. The summed E-state index contributed by atoms with van der Waals surface area (Å²) in [6.07, 6.45) is 13.0. The molecule has 11 nitrogen and oxygen atoms in total. The first-order valence-corrected chi connectivity index (χ1v) is 15.6. The number of ether oxygens (including phenoxy) is 1. The first-order chi connectivity index (χ1) is 19.5. The minimum absolute atomic E-state index is 0.360. The van der Waals surface area contributed by atoms with Crippen LogP contribution in [0.15, 0.2) is 29.4 Å². The van der Waals surface area contributed by atoms with Gasteiger partial charge in [-0.05, 0) is 19.3 Å². The molecule has 0 radical (unpaired) electrons. The van der Waals surface area contributed by atoms with Crippen molar-refractivity contribution >= 4 is 32.2 Å². The van der Waals surface area contributed by atoms with Crippen molar-refractivity contribution in [3.63, 3.8) is 0 Å². The van der Waals surface area contributed by atoms with Gasteiger partial charge in [0.2, 0.25) is 6.08 Å². The molecule has 0 fully saturated rings. The van der Waals surface area contributed by atoms with Crippen molar-refractivity contribution in [2.75, 3.05) is 19.7 Å². The van der Waals surface area contributed by atoms with E-state index < -0.39 is 31.1 Å². The van der Waals surface area contributed by atoms with Gasteiger partial charge in [-0.15, -0.1) is 0 Å². The smallest absolute Gasteiger partial charge is 0.443 e. The molecule has 1 amide bonds. The second kappa shape index (κ2) is 19.4. The molecule has 0 spiro atoms. The van der Waals surface area contributed by atoms with Gasteiger partial charge in [0.05, 0.1) is 6.54 Å². The topological polar surface area (TPSA) is 154 Å². The van der Waals surface area contributed by atoms with E-state index in [0.717, 1.165) is 36.2 Å². The molecule has 1 heterocycles. The summed E-state index contributed by atoms with van der Waals surface area (Å²) in [5.41, 5.74) is -11.1. The highest BCUT2D eigenvalue weighted by atomic mass is 32.3. The summed E-state index contributed by atoms with van der Waals surface area (Å²) in [6, 6.07) is 6.22. The Bertz CT molecular complexity index is 1160. The number of sulfonamides is 2. The van der Waals surface area contributed by atoms with Gasteiger partial charge in [0, 0.05) is 25.1 Å². The van der Waals surface area contributed by atoms with E-state index in [1.54, 1.807) is 0 Å². The lowest BCUT2D eigenvalue weighted by Gasteiger charge is -2.22. The Balaban J connectivity index is 0.000000951. The Morgan fingerprint density at radius 1 is 0.952 bits per heavy atom. The number of hydrogen-bond acceptors (Lipinski definition) is 8. The van der Waals surface area contributed by atoms with Crippen molar-refractivity contribution in [1.29, 1.82) is 0 Å². The van der Waals surface area contributed by atoms with Gasteiger partial charge in [0.25, 0.3) is 0 Å². The van der Waals surface area contributed by atoms with E-state index in [9.17, 15) is 52.8 Å². The predicted octanol–water partition coefficient (Wildman–Crippen LogP) is 4.78. The SMILES string of the molecule is CCCCCCc1cccc[n+]1CCOC(=O)NCCCCCCN=C=O.O=S(=O)([N-]S(=O)(=O)C(F)(F)F)C(F)(F)F. The monoisotopic (exact) mass is 656 g/mol. The molecule has 0 unspecified atom stereocenters. The maximum atomic E-state index is 11.7. The van der Waals surface area contributed by atoms with Crippen LogP contribution in [-0.4, -0.2) is 59.7 Å².